The van der Waals surface area contributed by atoms with E-state index in [1.165, 1.54) is 17.7 Å². The first-order valence-electron chi connectivity index (χ1n) is 6.68. The molecular formula is C14H11N7OS. The molecule has 0 aliphatic heterocycles. The zero-order valence-electron chi connectivity index (χ0n) is 12.0. The van der Waals surface area contributed by atoms with Gasteiger partial charge in [0.25, 0.3) is 0 Å². The maximum absolute atomic E-state index is 6.03. The predicted octanol–water partition coefficient (Wildman–Crippen LogP) is 1.92. The van der Waals surface area contributed by atoms with Gasteiger partial charge in [-0.05, 0) is 34.0 Å². The van der Waals surface area contributed by atoms with Crippen molar-refractivity contribution in [2.75, 3.05) is 12.8 Å². The quantitative estimate of drug-likeness (QED) is 0.613. The van der Waals surface area contributed by atoms with Crippen molar-refractivity contribution in [3.05, 3.63) is 36.0 Å². The molecule has 0 bridgehead atoms. The van der Waals surface area contributed by atoms with Gasteiger partial charge in [-0.1, -0.05) is 0 Å². The Bertz CT molecular complexity index is 980. The van der Waals surface area contributed by atoms with Gasteiger partial charge in [0.1, 0.15) is 17.9 Å². The molecular weight excluding hydrogens is 314 g/mol. The molecule has 0 aliphatic rings. The normalized spacial score (nSPS) is 11.0. The molecule has 8 nitrogen and oxygen atoms in total. The molecule has 3 heterocycles. The van der Waals surface area contributed by atoms with Gasteiger partial charge in [0.05, 0.1) is 23.0 Å². The predicted molar refractivity (Wildman–Crippen MR) is 86.5 cm³/mol. The average Bonchev–Trinajstić information content (AvgIpc) is 3.25. The van der Waals surface area contributed by atoms with E-state index in [4.69, 9.17) is 10.5 Å². The maximum Gasteiger partial charge on any atom is 0.162 e. The second-order valence-electron chi connectivity index (χ2n) is 4.74. The summed E-state index contributed by atoms with van der Waals surface area (Å²) in [4.78, 5) is 8.97. The van der Waals surface area contributed by atoms with Gasteiger partial charge in [0.2, 0.25) is 0 Å². The van der Waals surface area contributed by atoms with Crippen LogP contribution in [0.1, 0.15) is 0 Å². The third-order valence-corrected chi connectivity index (χ3v) is 4.25. The van der Waals surface area contributed by atoms with Crippen LogP contribution >= 0.6 is 11.3 Å². The van der Waals surface area contributed by atoms with E-state index in [9.17, 15) is 0 Å². The van der Waals surface area contributed by atoms with E-state index in [1.807, 2.05) is 29.6 Å². The summed E-state index contributed by atoms with van der Waals surface area (Å²) in [6.07, 6.45) is 1.51. The van der Waals surface area contributed by atoms with Gasteiger partial charge in [0.15, 0.2) is 5.82 Å². The number of nitrogens with two attached hydrogens (primary N) is 1. The number of anilines is 1. The Balaban J connectivity index is 1.91. The number of ether oxygens (including phenoxy) is 1. The van der Waals surface area contributed by atoms with Crippen LogP contribution in [-0.4, -0.2) is 37.3 Å². The number of methoxy groups -OCH3 is 1. The van der Waals surface area contributed by atoms with Crippen LogP contribution in [0.25, 0.3) is 27.3 Å². The largest absolute Gasteiger partial charge is 0.497 e. The Morgan fingerprint density at radius 2 is 2.13 bits per heavy atom. The van der Waals surface area contributed by atoms with E-state index in [0.29, 0.717) is 17.4 Å². The molecule has 9 heteroatoms. The molecule has 0 saturated carbocycles. The van der Waals surface area contributed by atoms with Gasteiger partial charge in [-0.15, -0.1) is 16.4 Å². The summed E-state index contributed by atoms with van der Waals surface area (Å²) in [5.41, 5.74) is 8.38. The number of benzene rings is 1. The Morgan fingerprint density at radius 3 is 2.91 bits per heavy atom. The fourth-order valence-corrected chi connectivity index (χ4v) is 2.99. The highest BCUT2D eigenvalue weighted by Crippen LogP contribution is 2.30. The van der Waals surface area contributed by atoms with Crippen molar-refractivity contribution in [3.63, 3.8) is 0 Å². The molecule has 2 N–H and O–H groups in total. The van der Waals surface area contributed by atoms with Crippen LogP contribution in [0.2, 0.25) is 0 Å². The topological polar surface area (TPSA) is 105 Å². The lowest BCUT2D eigenvalue weighted by molar-refractivity contribution is 0.414. The molecule has 0 unspecified atom stereocenters. The van der Waals surface area contributed by atoms with Crippen molar-refractivity contribution in [3.8, 4) is 22.8 Å². The second-order valence-corrected chi connectivity index (χ2v) is 5.66. The summed E-state index contributed by atoms with van der Waals surface area (Å²) in [7, 11) is 1.60. The van der Waals surface area contributed by atoms with E-state index < -0.39 is 0 Å². The number of fused-ring (bicyclic) bond motifs is 1. The summed E-state index contributed by atoms with van der Waals surface area (Å²) in [6, 6.07) is 7.48. The number of rotatable bonds is 3. The Morgan fingerprint density at radius 1 is 1.22 bits per heavy atom. The van der Waals surface area contributed by atoms with Crippen LogP contribution in [0.3, 0.4) is 0 Å². The van der Waals surface area contributed by atoms with Crippen LogP contribution < -0.4 is 10.5 Å². The van der Waals surface area contributed by atoms with Crippen LogP contribution in [0.4, 0.5) is 5.82 Å². The summed E-state index contributed by atoms with van der Waals surface area (Å²) in [6.45, 7) is 0. The van der Waals surface area contributed by atoms with Gasteiger partial charge < -0.3 is 10.5 Å². The number of hydrogen-bond donors (Lipinski definition) is 1. The van der Waals surface area contributed by atoms with Crippen molar-refractivity contribution < 1.29 is 4.74 Å². The number of hydrogen-bond acceptors (Lipinski definition) is 8. The van der Waals surface area contributed by atoms with Gasteiger partial charge in [0, 0.05) is 11.6 Å². The molecule has 0 radical (unpaired) electrons. The Kier molecular flexibility index (Phi) is 3.12. The minimum atomic E-state index is 0.465. The molecule has 114 valence electrons. The Labute approximate surface area is 134 Å². The third-order valence-electron chi connectivity index (χ3n) is 3.33. The summed E-state index contributed by atoms with van der Waals surface area (Å²) < 4.78 is 7.78. The second kappa shape index (κ2) is 5.29. The van der Waals surface area contributed by atoms with Gasteiger partial charge >= 0.3 is 0 Å². The number of nitrogen functional groups attached to an aromatic ring is 1. The summed E-state index contributed by atoms with van der Waals surface area (Å²) >= 11 is 1.52. The minimum Gasteiger partial charge on any atom is -0.497 e. The summed E-state index contributed by atoms with van der Waals surface area (Å²) in [5, 5.41) is 13.1. The highest BCUT2D eigenvalue weighted by Gasteiger charge is 2.12. The van der Waals surface area contributed by atoms with Gasteiger partial charge in [-0.25, -0.2) is 14.6 Å². The SMILES string of the molecule is COc1cc(-c2nc(N)c3sccc3n2)cc(-n2cnnn2)c1. The third kappa shape index (κ3) is 2.36. The van der Waals surface area contributed by atoms with E-state index in [-0.39, 0.29) is 0 Å². The van der Waals surface area contributed by atoms with Crippen LogP contribution in [-0.2, 0) is 0 Å². The average molecular weight is 325 g/mol. The first-order chi connectivity index (χ1) is 11.2. The highest BCUT2D eigenvalue weighted by atomic mass is 32.1. The van der Waals surface area contributed by atoms with Crippen molar-refractivity contribution in [2.45, 2.75) is 0 Å². The molecule has 4 aromatic rings. The van der Waals surface area contributed by atoms with Crippen molar-refractivity contribution >= 4 is 27.4 Å². The van der Waals surface area contributed by atoms with E-state index in [2.05, 4.69) is 25.5 Å². The molecule has 23 heavy (non-hydrogen) atoms. The zero-order valence-corrected chi connectivity index (χ0v) is 12.9. The van der Waals surface area contributed by atoms with Crippen molar-refractivity contribution in [2.24, 2.45) is 0 Å². The summed E-state index contributed by atoms with van der Waals surface area (Å²) in [5.74, 6) is 1.65. The fraction of sp³-hybridized carbons (Fsp3) is 0.0714. The maximum atomic E-state index is 6.03. The molecule has 4 rings (SSSR count). The first kappa shape index (κ1) is 13.6. The zero-order chi connectivity index (χ0) is 15.8. The molecule has 1 aromatic carbocycles. The van der Waals surface area contributed by atoms with Crippen LogP contribution in [0, 0.1) is 0 Å². The lowest BCUT2D eigenvalue weighted by Crippen LogP contribution is -2.00. The smallest absolute Gasteiger partial charge is 0.162 e. The molecule has 3 aromatic heterocycles. The molecule has 0 aliphatic carbocycles. The lowest BCUT2D eigenvalue weighted by Gasteiger charge is -2.08. The number of thiophene rings is 1. The Hall–Kier alpha value is -3.07. The van der Waals surface area contributed by atoms with Crippen LogP contribution in [0.15, 0.2) is 36.0 Å². The van der Waals surface area contributed by atoms with Crippen molar-refractivity contribution in [1.29, 1.82) is 0 Å². The molecule has 0 spiro atoms. The number of aromatic nitrogens is 6. The van der Waals surface area contributed by atoms with Gasteiger partial charge in [-0.3, -0.25) is 0 Å². The van der Waals surface area contributed by atoms with E-state index >= 15 is 0 Å². The van der Waals surface area contributed by atoms with E-state index in [1.54, 1.807) is 11.8 Å². The molecule has 0 atom stereocenters. The fourth-order valence-electron chi connectivity index (χ4n) is 2.26. The van der Waals surface area contributed by atoms with Gasteiger partial charge in [-0.2, -0.15) is 0 Å². The molecule has 0 amide bonds. The van der Waals surface area contributed by atoms with E-state index in [0.717, 1.165) is 21.5 Å². The molecule has 0 saturated heterocycles. The monoisotopic (exact) mass is 325 g/mol. The number of tetrazole rings is 1. The van der Waals surface area contributed by atoms with Crippen LogP contribution in [0.5, 0.6) is 5.75 Å². The standard InChI is InChI=1S/C14H11N7OS/c1-22-10-5-8(4-9(6-10)21-7-16-19-20-21)14-17-11-2-3-23-12(11)13(15)18-14/h2-7H,1H3,(H2,15,17,18). The van der Waals surface area contributed by atoms with Crippen molar-refractivity contribution in [1.82, 2.24) is 30.2 Å². The highest BCUT2D eigenvalue weighted by molar-refractivity contribution is 7.17. The minimum absolute atomic E-state index is 0.465. The number of nitrogens with zero attached hydrogens (tertiary/aromatic N) is 6. The molecule has 0 fully saturated rings. The first-order valence-corrected chi connectivity index (χ1v) is 7.56. The lowest BCUT2D eigenvalue weighted by atomic mass is 10.1.